The number of alkyl halides is 2. The zero-order valence-electron chi connectivity index (χ0n) is 5.92. The molecule has 60 valence electrons. The topological polar surface area (TPSA) is 22.0 Å². The van der Waals surface area contributed by atoms with Gasteiger partial charge in [0.05, 0.1) is 5.69 Å². The number of rotatable bonds is 2. The quantitative estimate of drug-likeness (QED) is 0.518. The first-order valence-corrected chi connectivity index (χ1v) is 3.94. The Labute approximate surface area is 74.7 Å². The molecule has 1 heterocycles. The lowest BCUT2D eigenvalue weighted by Gasteiger charge is -2.01. The SMILES string of the molecule is Cn1cccc1C(=O)C(Cl)Cl. The molecule has 2 nitrogen and oxygen atoms in total. The predicted octanol–water partition coefficient (Wildman–Crippen LogP) is 2.01. The van der Waals surface area contributed by atoms with Crippen molar-refractivity contribution in [3.63, 3.8) is 0 Å². The zero-order valence-corrected chi connectivity index (χ0v) is 7.43. The normalized spacial score (nSPS) is 10.5. The average Bonchev–Trinajstić information content (AvgIpc) is 2.33. The Morgan fingerprint density at radius 3 is 2.64 bits per heavy atom. The molecule has 1 aromatic rings. The summed E-state index contributed by atoms with van der Waals surface area (Å²) < 4.78 is 1.68. The van der Waals surface area contributed by atoms with E-state index < -0.39 is 4.84 Å². The van der Waals surface area contributed by atoms with E-state index in [9.17, 15) is 4.79 Å². The minimum absolute atomic E-state index is 0.263. The molecule has 0 saturated carbocycles. The van der Waals surface area contributed by atoms with E-state index in [1.54, 1.807) is 29.9 Å². The molecule has 0 atom stereocenters. The lowest BCUT2D eigenvalue weighted by atomic mass is 10.3. The number of hydrogen-bond donors (Lipinski definition) is 0. The highest BCUT2D eigenvalue weighted by molar-refractivity contribution is 6.55. The third-order valence-electron chi connectivity index (χ3n) is 1.39. The third-order valence-corrected chi connectivity index (χ3v) is 1.79. The molecular formula is C7H7Cl2NO. The summed E-state index contributed by atoms with van der Waals surface area (Å²) in [6, 6.07) is 3.45. The van der Waals surface area contributed by atoms with Crippen LogP contribution in [-0.2, 0) is 7.05 Å². The van der Waals surface area contributed by atoms with Gasteiger partial charge in [0.2, 0.25) is 5.78 Å². The van der Waals surface area contributed by atoms with Crippen molar-refractivity contribution >= 4 is 29.0 Å². The Balaban J connectivity index is 2.93. The summed E-state index contributed by atoms with van der Waals surface area (Å²) in [4.78, 5) is 10.2. The van der Waals surface area contributed by atoms with Gasteiger partial charge in [0.15, 0.2) is 4.84 Å². The fraction of sp³-hybridized carbons (Fsp3) is 0.286. The van der Waals surface area contributed by atoms with Crippen LogP contribution in [0.25, 0.3) is 0 Å². The van der Waals surface area contributed by atoms with Crippen LogP contribution in [0.2, 0.25) is 0 Å². The number of aromatic nitrogens is 1. The van der Waals surface area contributed by atoms with Gasteiger partial charge in [-0.05, 0) is 12.1 Å². The van der Waals surface area contributed by atoms with E-state index in [4.69, 9.17) is 23.2 Å². The van der Waals surface area contributed by atoms with Gasteiger partial charge in [0.1, 0.15) is 0 Å². The Bertz CT molecular complexity index is 267. The van der Waals surface area contributed by atoms with Crippen LogP contribution in [-0.4, -0.2) is 15.2 Å². The molecule has 0 amide bonds. The van der Waals surface area contributed by atoms with Crippen molar-refractivity contribution in [1.29, 1.82) is 0 Å². The molecular weight excluding hydrogens is 185 g/mol. The largest absolute Gasteiger partial charge is 0.348 e. The second-order valence-corrected chi connectivity index (χ2v) is 3.27. The summed E-state index contributed by atoms with van der Waals surface area (Å²) in [5, 5.41) is 0. The van der Waals surface area contributed by atoms with E-state index in [0.717, 1.165) is 0 Å². The summed E-state index contributed by atoms with van der Waals surface area (Å²) in [6.07, 6.45) is 1.77. The molecule has 11 heavy (non-hydrogen) atoms. The Morgan fingerprint density at radius 2 is 2.27 bits per heavy atom. The fourth-order valence-corrected chi connectivity index (χ4v) is 1.05. The van der Waals surface area contributed by atoms with Crippen molar-refractivity contribution in [3.05, 3.63) is 24.0 Å². The molecule has 0 fully saturated rings. The maximum atomic E-state index is 11.1. The van der Waals surface area contributed by atoms with Crippen molar-refractivity contribution in [2.75, 3.05) is 0 Å². The van der Waals surface area contributed by atoms with Gasteiger partial charge in [-0.2, -0.15) is 0 Å². The van der Waals surface area contributed by atoms with Crippen LogP contribution in [0.4, 0.5) is 0 Å². The second-order valence-electron chi connectivity index (χ2n) is 2.17. The summed E-state index contributed by atoms with van der Waals surface area (Å²) in [5.41, 5.74) is 0.528. The lowest BCUT2D eigenvalue weighted by molar-refractivity contribution is 0.0999. The molecule has 0 aliphatic rings. The van der Waals surface area contributed by atoms with E-state index in [0.29, 0.717) is 5.69 Å². The van der Waals surface area contributed by atoms with Gasteiger partial charge in [-0.1, -0.05) is 23.2 Å². The Kier molecular flexibility index (Phi) is 2.58. The number of ketones is 1. The van der Waals surface area contributed by atoms with Gasteiger partial charge >= 0.3 is 0 Å². The molecule has 0 radical (unpaired) electrons. The smallest absolute Gasteiger partial charge is 0.211 e. The molecule has 1 rings (SSSR count). The molecule has 0 bridgehead atoms. The number of hydrogen-bond acceptors (Lipinski definition) is 1. The number of carbonyl (C=O) groups excluding carboxylic acids is 1. The lowest BCUT2D eigenvalue weighted by Crippen LogP contribution is -2.11. The molecule has 0 aliphatic heterocycles. The van der Waals surface area contributed by atoms with Crippen LogP contribution >= 0.6 is 23.2 Å². The molecule has 0 saturated heterocycles. The van der Waals surface area contributed by atoms with Gasteiger partial charge < -0.3 is 4.57 Å². The van der Waals surface area contributed by atoms with Crippen LogP contribution in [0, 0.1) is 0 Å². The zero-order chi connectivity index (χ0) is 8.43. The van der Waals surface area contributed by atoms with Gasteiger partial charge in [0.25, 0.3) is 0 Å². The Hall–Kier alpha value is -0.470. The van der Waals surface area contributed by atoms with Crippen LogP contribution in [0.3, 0.4) is 0 Å². The summed E-state index contributed by atoms with van der Waals surface area (Å²) in [6.45, 7) is 0. The first-order chi connectivity index (χ1) is 5.13. The van der Waals surface area contributed by atoms with Gasteiger partial charge in [0, 0.05) is 13.2 Å². The van der Waals surface area contributed by atoms with Gasteiger partial charge in [-0.15, -0.1) is 0 Å². The van der Waals surface area contributed by atoms with E-state index >= 15 is 0 Å². The molecule has 0 spiro atoms. The summed E-state index contributed by atoms with van der Waals surface area (Å²) >= 11 is 10.8. The maximum absolute atomic E-state index is 11.1. The number of halogens is 2. The Morgan fingerprint density at radius 1 is 1.64 bits per heavy atom. The molecule has 0 aliphatic carbocycles. The second kappa shape index (κ2) is 3.28. The van der Waals surface area contributed by atoms with Crippen LogP contribution in [0.1, 0.15) is 10.5 Å². The monoisotopic (exact) mass is 191 g/mol. The third kappa shape index (κ3) is 1.76. The minimum Gasteiger partial charge on any atom is -0.348 e. The maximum Gasteiger partial charge on any atom is 0.211 e. The van der Waals surface area contributed by atoms with Crippen molar-refractivity contribution in [1.82, 2.24) is 4.57 Å². The van der Waals surface area contributed by atoms with Crippen molar-refractivity contribution in [2.24, 2.45) is 7.05 Å². The van der Waals surface area contributed by atoms with Gasteiger partial charge in [-0.3, -0.25) is 4.79 Å². The summed E-state index contributed by atoms with van der Waals surface area (Å²) in [5.74, 6) is -0.263. The van der Waals surface area contributed by atoms with E-state index in [1.807, 2.05) is 0 Å². The highest BCUT2D eigenvalue weighted by Crippen LogP contribution is 2.11. The molecule has 1 aromatic heterocycles. The first-order valence-electron chi connectivity index (χ1n) is 3.06. The molecule has 0 N–H and O–H groups in total. The van der Waals surface area contributed by atoms with E-state index in [-0.39, 0.29) is 5.78 Å². The minimum atomic E-state index is -0.969. The molecule has 0 unspecified atom stereocenters. The number of aryl methyl sites for hydroxylation is 1. The summed E-state index contributed by atoms with van der Waals surface area (Å²) in [7, 11) is 1.77. The van der Waals surface area contributed by atoms with Crippen molar-refractivity contribution in [2.45, 2.75) is 4.84 Å². The van der Waals surface area contributed by atoms with Crippen molar-refractivity contribution < 1.29 is 4.79 Å². The van der Waals surface area contributed by atoms with E-state index in [2.05, 4.69) is 0 Å². The van der Waals surface area contributed by atoms with Crippen LogP contribution in [0.15, 0.2) is 18.3 Å². The highest BCUT2D eigenvalue weighted by atomic mass is 35.5. The average molecular weight is 192 g/mol. The first kappa shape index (κ1) is 8.62. The number of carbonyl (C=O) groups is 1. The molecule has 0 aromatic carbocycles. The molecule has 4 heteroatoms. The van der Waals surface area contributed by atoms with E-state index in [1.165, 1.54) is 0 Å². The van der Waals surface area contributed by atoms with Crippen LogP contribution in [0.5, 0.6) is 0 Å². The number of Topliss-reactive ketones (excluding diaryl/α,β-unsaturated/α-hetero) is 1. The van der Waals surface area contributed by atoms with Crippen molar-refractivity contribution in [3.8, 4) is 0 Å². The standard InChI is InChI=1S/C7H7Cl2NO/c1-10-4-2-3-5(10)6(11)7(8)9/h2-4,7H,1H3. The van der Waals surface area contributed by atoms with Crippen LogP contribution < -0.4 is 0 Å². The number of nitrogens with zero attached hydrogens (tertiary/aromatic N) is 1. The fourth-order valence-electron chi connectivity index (χ4n) is 0.829. The predicted molar refractivity (Wildman–Crippen MR) is 45.2 cm³/mol. The highest BCUT2D eigenvalue weighted by Gasteiger charge is 2.15. The van der Waals surface area contributed by atoms with Gasteiger partial charge in [-0.25, -0.2) is 0 Å².